The van der Waals surface area contributed by atoms with Crippen LogP contribution in [0.2, 0.25) is 10.0 Å². The van der Waals surface area contributed by atoms with Crippen molar-refractivity contribution in [1.29, 1.82) is 0 Å². The lowest BCUT2D eigenvalue weighted by Crippen LogP contribution is -2.15. The number of hydrogen-bond acceptors (Lipinski definition) is 6. The first-order valence-electron chi connectivity index (χ1n) is 7.47. The lowest BCUT2D eigenvalue weighted by molar-refractivity contribution is -0.383. The summed E-state index contributed by atoms with van der Waals surface area (Å²) in [4.78, 5) is 20.9. The van der Waals surface area contributed by atoms with Crippen molar-refractivity contribution < 1.29 is 4.92 Å². The van der Waals surface area contributed by atoms with E-state index in [1.165, 1.54) is 6.33 Å². The van der Waals surface area contributed by atoms with Gasteiger partial charge in [-0.05, 0) is 30.3 Å². The molecule has 2 aromatic carbocycles. The van der Waals surface area contributed by atoms with Gasteiger partial charge in [0, 0.05) is 18.4 Å². The summed E-state index contributed by atoms with van der Waals surface area (Å²) in [7, 11) is 1.70. The molecule has 0 atom stereocenters. The van der Waals surface area contributed by atoms with Gasteiger partial charge in [-0.3, -0.25) is 10.1 Å². The zero-order valence-electron chi connectivity index (χ0n) is 13.6. The van der Waals surface area contributed by atoms with Crippen LogP contribution in [-0.4, -0.2) is 21.9 Å². The minimum absolute atomic E-state index is 0.0566. The molecule has 1 N–H and O–H groups in total. The molecule has 9 heteroatoms. The molecule has 26 heavy (non-hydrogen) atoms. The number of nitrogens with one attached hydrogen (secondary N) is 1. The van der Waals surface area contributed by atoms with Crippen molar-refractivity contribution in [1.82, 2.24) is 9.97 Å². The van der Waals surface area contributed by atoms with Gasteiger partial charge in [0.05, 0.1) is 15.0 Å². The lowest BCUT2D eigenvalue weighted by Gasteiger charge is -2.18. The molecule has 7 nitrogen and oxygen atoms in total. The Morgan fingerprint density at radius 3 is 2.46 bits per heavy atom. The Labute approximate surface area is 159 Å². The number of benzene rings is 2. The van der Waals surface area contributed by atoms with Gasteiger partial charge in [-0.15, -0.1) is 0 Å². The number of halogens is 2. The van der Waals surface area contributed by atoms with Crippen molar-refractivity contribution in [3.05, 3.63) is 75.0 Å². The van der Waals surface area contributed by atoms with Gasteiger partial charge in [-0.1, -0.05) is 41.4 Å². The van der Waals surface area contributed by atoms with E-state index in [2.05, 4.69) is 15.3 Å². The number of nitro groups is 1. The third kappa shape index (κ3) is 3.68. The third-order valence-corrected chi connectivity index (χ3v) is 4.37. The average Bonchev–Trinajstić information content (AvgIpc) is 2.64. The fourth-order valence-corrected chi connectivity index (χ4v) is 2.66. The second-order valence-corrected chi connectivity index (χ2v) is 6.11. The van der Waals surface area contributed by atoms with E-state index in [1.807, 2.05) is 30.3 Å². The molecular weight excluding hydrogens is 377 g/mol. The number of rotatable bonds is 5. The quantitative estimate of drug-likeness (QED) is 0.476. The van der Waals surface area contributed by atoms with Crippen LogP contribution < -0.4 is 10.2 Å². The van der Waals surface area contributed by atoms with Crippen LogP contribution in [0.4, 0.5) is 28.7 Å². The van der Waals surface area contributed by atoms with Crippen molar-refractivity contribution >= 4 is 51.9 Å². The van der Waals surface area contributed by atoms with Gasteiger partial charge in [0.25, 0.3) is 0 Å². The van der Waals surface area contributed by atoms with Crippen LogP contribution in [0.5, 0.6) is 0 Å². The molecule has 132 valence electrons. The number of hydrogen-bond donors (Lipinski definition) is 1. The number of anilines is 4. The Balaban J connectivity index is 2.03. The number of aromatic nitrogens is 2. The van der Waals surface area contributed by atoms with E-state index >= 15 is 0 Å². The standard InChI is InChI=1S/C17H13Cl2N5O2/c1-23(12-5-3-2-4-6-12)17-15(24(25)26)16(20-10-21-17)22-11-7-8-13(18)14(19)9-11/h2-10H,1H3,(H,20,21,22). The SMILES string of the molecule is CN(c1ccccc1)c1ncnc(Nc2ccc(Cl)c(Cl)c2)c1[N+](=O)[O-]. The van der Waals surface area contributed by atoms with Gasteiger partial charge in [-0.2, -0.15) is 0 Å². The van der Waals surface area contributed by atoms with E-state index in [-0.39, 0.29) is 17.3 Å². The van der Waals surface area contributed by atoms with Crippen LogP contribution in [0, 0.1) is 10.1 Å². The van der Waals surface area contributed by atoms with E-state index in [9.17, 15) is 10.1 Å². The highest BCUT2D eigenvalue weighted by Crippen LogP contribution is 2.36. The largest absolute Gasteiger partial charge is 0.354 e. The van der Waals surface area contributed by atoms with Crippen LogP contribution in [0.3, 0.4) is 0 Å². The average molecular weight is 390 g/mol. The second-order valence-electron chi connectivity index (χ2n) is 5.30. The molecule has 0 fully saturated rings. The van der Waals surface area contributed by atoms with E-state index in [4.69, 9.17) is 23.2 Å². The molecule has 0 unspecified atom stereocenters. The normalized spacial score (nSPS) is 10.4. The van der Waals surface area contributed by atoms with Crippen LogP contribution in [-0.2, 0) is 0 Å². The molecule has 3 rings (SSSR count). The number of nitrogens with zero attached hydrogens (tertiary/aromatic N) is 4. The molecule has 0 saturated carbocycles. The summed E-state index contributed by atoms with van der Waals surface area (Å²) in [5.74, 6) is 0.222. The number of para-hydroxylation sites is 1. The van der Waals surface area contributed by atoms with Gasteiger partial charge >= 0.3 is 5.69 Å². The summed E-state index contributed by atoms with van der Waals surface area (Å²) in [5.41, 5.74) is 1.04. The molecule has 0 saturated heterocycles. The van der Waals surface area contributed by atoms with Gasteiger partial charge in [0.2, 0.25) is 11.6 Å². The molecule has 0 spiro atoms. The fourth-order valence-electron chi connectivity index (χ4n) is 2.36. The monoisotopic (exact) mass is 389 g/mol. The summed E-state index contributed by atoms with van der Waals surface area (Å²) in [6.45, 7) is 0. The van der Waals surface area contributed by atoms with E-state index in [0.29, 0.717) is 15.7 Å². The summed E-state index contributed by atoms with van der Waals surface area (Å²) in [5, 5.41) is 15.3. The first-order chi connectivity index (χ1) is 12.5. The van der Waals surface area contributed by atoms with E-state index in [1.54, 1.807) is 30.1 Å². The first kappa shape index (κ1) is 17.9. The Morgan fingerprint density at radius 2 is 1.81 bits per heavy atom. The zero-order chi connectivity index (χ0) is 18.7. The maximum atomic E-state index is 11.7. The highest BCUT2D eigenvalue weighted by Gasteiger charge is 2.26. The smallest absolute Gasteiger partial charge is 0.334 e. The summed E-state index contributed by atoms with van der Waals surface area (Å²) < 4.78 is 0. The Kier molecular flexibility index (Phi) is 5.20. The van der Waals surface area contributed by atoms with Crippen molar-refractivity contribution in [3.63, 3.8) is 0 Å². The fraction of sp³-hybridized carbons (Fsp3) is 0.0588. The Bertz CT molecular complexity index is 953. The lowest BCUT2D eigenvalue weighted by atomic mass is 10.2. The van der Waals surface area contributed by atoms with Gasteiger partial charge in [0.15, 0.2) is 0 Å². The molecule has 1 aromatic heterocycles. The Hall–Kier alpha value is -2.90. The molecule has 0 bridgehead atoms. The molecule has 3 aromatic rings. The predicted octanol–water partition coefficient (Wildman–Crippen LogP) is 5.20. The van der Waals surface area contributed by atoms with Gasteiger partial charge in [0.1, 0.15) is 6.33 Å². The van der Waals surface area contributed by atoms with Crippen LogP contribution in [0.25, 0.3) is 0 Å². The van der Waals surface area contributed by atoms with Crippen LogP contribution in [0.15, 0.2) is 54.9 Å². The highest BCUT2D eigenvalue weighted by atomic mass is 35.5. The minimum atomic E-state index is -0.519. The maximum absolute atomic E-state index is 11.7. The molecule has 0 aliphatic rings. The predicted molar refractivity (Wildman–Crippen MR) is 103 cm³/mol. The first-order valence-corrected chi connectivity index (χ1v) is 8.23. The van der Waals surface area contributed by atoms with Gasteiger partial charge in [-0.25, -0.2) is 9.97 Å². The molecule has 1 heterocycles. The Morgan fingerprint density at radius 1 is 1.08 bits per heavy atom. The topological polar surface area (TPSA) is 84.2 Å². The van der Waals surface area contributed by atoms with Crippen LogP contribution in [0.1, 0.15) is 0 Å². The van der Waals surface area contributed by atoms with E-state index in [0.717, 1.165) is 5.69 Å². The van der Waals surface area contributed by atoms with Crippen molar-refractivity contribution in [2.24, 2.45) is 0 Å². The highest BCUT2D eigenvalue weighted by molar-refractivity contribution is 6.42. The van der Waals surface area contributed by atoms with Gasteiger partial charge < -0.3 is 10.2 Å². The summed E-state index contributed by atoms with van der Waals surface area (Å²) >= 11 is 11.9. The van der Waals surface area contributed by atoms with Crippen molar-refractivity contribution in [3.8, 4) is 0 Å². The minimum Gasteiger partial charge on any atom is -0.334 e. The van der Waals surface area contributed by atoms with Crippen LogP contribution >= 0.6 is 23.2 Å². The molecule has 0 aliphatic heterocycles. The summed E-state index contributed by atoms with van der Waals surface area (Å²) in [6.07, 6.45) is 1.27. The molecular formula is C17H13Cl2N5O2. The molecule has 0 radical (unpaired) electrons. The zero-order valence-corrected chi connectivity index (χ0v) is 15.1. The maximum Gasteiger partial charge on any atom is 0.354 e. The van der Waals surface area contributed by atoms with Crippen molar-refractivity contribution in [2.45, 2.75) is 0 Å². The third-order valence-electron chi connectivity index (χ3n) is 3.63. The molecule has 0 amide bonds. The second kappa shape index (κ2) is 7.55. The van der Waals surface area contributed by atoms with Crippen molar-refractivity contribution in [2.75, 3.05) is 17.3 Å². The summed E-state index contributed by atoms with van der Waals surface area (Å²) in [6, 6.07) is 14.0. The van der Waals surface area contributed by atoms with E-state index < -0.39 is 4.92 Å². The molecule has 0 aliphatic carbocycles.